The Morgan fingerprint density at radius 3 is 2.13 bits per heavy atom. The van der Waals surface area contributed by atoms with Gasteiger partial charge >= 0.3 is 0 Å². The zero-order valence-electron chi connectivity index (χ0n) is 16.7. The molecule has 1 N–H and O–H groups in total. The molecule has 0 atom stereocenters. The second-order valence-corrected chi connectivity index (χ2v) is 10.1. The summed E-state index contributed by atoms with van der Waals surface area (Å²) in [5, 5.41) is 4.15. The molecular formula is C22H19Cl3N2O3S. The van der Waals surface area contributed by atoms with Gasteiger partial charge in [0.15, 0.2) is 0 Å². The van der Waals surface area contributed by atoms with Crippen molar-refractivity contribution in [3.05, 3.63) is 92.4 Å². The highest BCUT2D eigenvalue weighted by molar-refractivity contribution is 7.92. The fraction of sp³-hybridized carbons (Fsp3) is 0.136. The van der Waals surface area contributed by atoms with E-state index in [1.165, 1.54) is 4.31 Å². The van der Waals surface area contributed by atoms with E-state index in [2.05, 4.69) is 5.32 Å². The number of nitrogens with zero attached hydrogens (tertiary/aromatic N) is 1. The van der Waals surface area contributed by atoms with E-state index < -0.39 is 10.0 Å². The van der Waals surface area contributed by atoms with Gasteiger partial charge < -0.3 is 5.32 Å². The quantitative estimate of drug-likeness (QED) is 0.442. The van der Waals surface area contributed by atoms with Crippen LogP contribution in [0.2, 0.25) is 15.1 Å². The molecule has 3 aromatic carbocycles. The van der Waals surface area contributed by atoms with E-state index >= 15 is 0 Å². The van der Waals surface area contributed by atoms with Gasteiger partial charge in [-0.25, -0.2) is 8.42 Å². The lowest BCUT2D eigenvalue weighted by Gasteiger charge is -2.23. The molecule has 0 aliphatic rings. The molecule has 3 aromatic rings. The van der Waals surface area contributed by atoms with E-state index in [0.29, 0.717) is 37.6 Å². The van der Waals surface area contributed by atoms with Gasteiger partial charge in [0.1, 0.15) is 0 Å². The highest BCUT2D eigenvalue weighted by atomic mass is 35.5. The normalized spacial score (nSPS) is 11.3. The van der Waals surface area contributed by atoms with Crippen molar-refractivity contribution >= 4 is 62.1 Å². The van der Waals surface area contributed by atoms with Crippen molar-refractivity contribution in [3.8, 4) is 0 Å². The molecule has 5 nitrogen and oxygen atoms in total. The molecule has 0 bridgehead atoms. The standard InChI is InChI=1S/C22H19Cl3N2O3S/c1-14-12-16(23)8-11-21(14)26-22(28)15-6-9-17(10-7-15)27(31(2,29)30)13-18-19(24)4-3-5-20(18)25/h3-12H,13H2,1-2H3,(H,26,28). The first-order chi connectivity index (χ1) is 14.6. The summed E-state index contributed by atoms with van der Waals surface area (Å²) in [6.07, 6.45) is 1.10. The molecule has 0 spiro atoms. The van der Waals surface area contributed by atoms with Crippen LogP contribution < -0.4 is 9.62 Å². The Labute approximate surface area is 196 Å². The van der Waals surface area contributed by atoms with Crippen molar-refractivity contribution in [1.82, 2.24) is 0 Å². The molecule has 0 unspecified atom stereocenters. The molecule has 0 aliphatic carbocycles. The van der Waals surface area contributed by atoms with Crippen LogP contribution in [0.5, 0.6) is 0 Å². The molecule has 0 radical (unpaired) electrons. The number of amides is 1. The number of benzene rings is 3. The predicted octanol–water partition coefficient (Wildman–Crippen LogP) is 6.17. The first-order valence-electron chi connectivity index (χ1n) is 9.14. The van der Waals surface area contributed by atoms with E-state index in [-0.39, 0.29) is 12.5 Å². The van der Waals surface area contributed by atoms with Gasteiger partial charge in [-0.05, 0) is 67.1 Å². The minimum absolute atomic E-state index is 0.0349. The van der Waals surface area contributed by atoms with Crippen LogP contribution in [-0.2, 0) is 16.6 Å². The molecule has 162 valence electrons. The average molecular weight is 498 g/mol. The lowest BCUT2D eigenvalue weighted by Crippen LogP contribution is -2.29. The molecule has 1 amide bonds. The van der Waals surface area contributed by atoms with Gasteiger partial charge in [-0.15, -0.1) is 0 Å². The number of hydrogen-bond acceptors (Lipinski definition) is 3. The lowest BCUT2D eigenvalue weighted by molar-refractivity contribution is 0.102. The summed E-state index contributed by atoms with van der Waals surface area (Å²) in [7, 11) is -3.64. The summed E-state index contributed by atoms with van der Waals surface area (Å²) < 4.78 is 26.1. The van der Waals surface area contributed by atoms with Crippen LogP contribution in [-0.4, -0.2) is 20.6 Å². The van der Waals surface area contributed by atoms with Crippen molar-refractivity contribution in [2.75, 3.05) is 15.9 Å². The van der Waals surface area contributed by atoms with Gasteiger partial charge in [-0.3, -0.25) is 9.10 Å². The van der Waals surface area contributed by atoms with Gasteiger partial charge in [0, 0.05) is 31.9 Å². The van der Waals surface area contributed by atoms with E-state index in [4.69, 9.17) is 34.8 Å². The Hall–Kier alpha value is -2.25. The first kappa shape index (κ1) is 23.4. The van der Waals surface area contributed by atoms with Crippen LogP contribution >= 0.6 is 34.8 Å². The van der Waals surface area contributed by atoms with Crippen molar-refractivity contribution < 1.29 is 13.2 Å². The van der Waals surface area contributed by atoms with Crippen LogP contribution in [0.1, 0.15) is 21.5 Å². The second-order valence-electron chi connectivity index (χ2n) is 6.93. The van der Waals surface area contributed by atoms with Gasteiger partial charge in [0.05, 0.1) is 18.5 Å². The summed E-state index contributed by atoms with van der Waals surface area (Å²) in [5.41, 5.74) is 2.73. The van der Waals surface area contributed by atoms with Crippen LogP contribution in [0.15, 0.2) is 60.7 Å². The number of aryl methyl sites for hydroxylation is 1. The number of hydrogen-bond donors (Lipinski definition) is 1. The number of nitrogens with one attached hydrogen (secondary N) is 1. The fourth-order valence-corrected chi connectivity index (χ4v) is 4.58. The summed E-state index contributed by atoms with van der Waals surface area (Å²) in [6, 6.07) is 16.4. The number of carbonyl (C=O) groups is 1. The summed E-state index contributed by atoms with van der Waals surface area (Å²) in [6.45, 7) is 1.81. The smallest absolute Gasteiger partial charge is 0.255 e. The van der Waals surface area contributed by atoms with E-state index in [0.717, 1.165) is 11.8 Å². The Morgan fingerprint density at radius 2 is 1.58 bits per heavy atom. The minimum atomic E-state index is -3.64. The third-order valence-electron chi connectivity index (χ3n) is 4.62. The highest BCUT2D eigenvalue weighted by Crippen LogP contribution is 2.29. The second kappa shape index (κ2) is 9.49. The Kier molecular flexibility index (Phi) is 7.17. The SMILES string of the molecule is Cc1cc(Cl)ccc1NC(=O)c1ccc(N(Cc2c(Cl)cccc2Cl)S(C)(=O)=O)cc1. The maximum Gasteiger partial charge on any atom is 0.255 e. The zero-order valence-corrected chi connectivity index (χ0v) is 19.8. The van der Waals surface area contributed by atoms with Gasteiger partial charge in [0.25, 0.3) is 5.91 Å². The van der Waals surface area contributed by atoms with Crippen molar-refractivity contribution in [2.45, 2.75) is 13.5 Å². The zero-order chi connectivity index (χ0) is 22.8. The van der Waals surface area contributed by atoms with Crippen molar-refractivity contribution in [2.24, 2.45) is 0 Å². The van der Waals surface area contributed by atoms with Crippen LogP contribution in [0.3, 0.4) is 0 Å². The summed E-state index contributed by atoms with van der Waals surface area (Å²) >= 11 is 18.4. The van der Waals surface area contributed by atoms with Crippen LogP contribution in [0.25, 0.3) is 0 Å². The molecule has 31 heavy (non-hydrogen) atoms. The topological polar surface area (TPSA) is 66.5 Å². The molecule has 0 heterocycles. The maximum atomic E-state index is 12.6. The molecule has 3 rings (SSSR count). The monoisotopic (exact) mass is 496 g/mol. The summed E-state index contributed by atoms with van der Waals surface area (Å²) in [4.78, 5) is 12.6. The number of rotatable bonds is 6. The minimum Gasteiger partial charge on any atom is -0.322 e. The van der Waals surface area contributed by atoms with Gasteiger partial charge in [-0.1, -0.05) is 40.9 Å². The highest BCUT2D eigenvalue weighted by Gasteiger charge is 2.21. The maximum absolute atomic E-state index is 12.6. The molecule has 0 aromatic heterocycles. The Balaban J connectivity index is 1.85. The molecule has 0 fully saturated rings. The van der Waals surface area contributed by atoms with Crippen molar-refractivity contribution in [1.29, 1.82) is 0 Å². The molecule has 0 aliphatic heterocycles. The van der Waals surface area contributed by atoms with Crippen LogP contribution in [0, 0.1) is 6.92 Å². The van der Waals surface area contributed by atoms with Gasteiger partial charge in [-0.2, -0.15) is 0 Å². The fourth-order valence-electron chi connectivity index (χ4n) is 2.97. The molecule has 0 saturated heterocycles. The molecular weight excluding hydrogens is 479 g/mol. The number of sulfonamides is 1. The van der Waals surface area contributed by atoms with E-state index in [9.17, 15) is 13.2 Å². The Bertz CT molecular complexity index is 1210. The van der Waals surface area contributed by atoms with E-state index in [1.54, 1.807) is 60.7 Å². The molecule has 9 heteroatoms. The third kappa shape index (κ3) is 5.71. The molecule has 0 saturated carbocycles. The average Bonchev–Trinajstić information content (AvgIpc) is 2.69. The Morgan fingerprint density at radius 1 is 0.968 bits per heavy atom. The van der Waals surface area contributed by atoms with E-state index in [1.807, 2.05) is 6.92 Å². The number of halogens is 3. The lowest BCUT2D eigenvalue weighted by atomic mass is 10.1. The van der Waals surface area contributed by atoms with Gasteiger partial charge in [0.2, 0.25) is 10.0 Å². The summed E-state index contributed by atoms with van der Waals surface area (Å²) in [5.74, 6) is -0.322. The first-order valence-corrected chi connectivity index (χ1v) is 12.1. The largest absolute Gasteiger partial charge is 0.322 e. The third-order valence-corrected chi connectivity index (χ3v) is 6.70. The predicted molar refractivity (Wildman–Crippen MR) is 128 cm³/mol. The number of anilines is 2. The van der Waals surface area contributed by atoms with Crippen LogP contribution in [0.4, 0.5) is 11.4 Å². The van der Waals surface area contributed by atoms with Crippen molar-refractivity contribution in [3.63, 3.8) is 0 Å². The number of carbonyl (C=O) groups excluding carboxylic acids is 1.